The largest absolute Gasteiger partial charge is 0.493 e. The standard InChI is InChI=1S/C16H14ClF2N3O2/c1-8-14(17)16-20-10(7-11(15(18)19)22(16)21-8)9-4-5-12(23-2)13(6-9)24-3/h4-7,15H,1-3H3. The van der Waals surface area contributed by atoms with Crippen molar-refractivity contribution in [2.45, 2.75) is 13.3 Å². The summed E-state index contributed by atoms with van der Waals surface area (Å²) < 4.78 is 38.3. The Labute approximate surface area is 141 Å². The van der Waals surface area contributed by atoms with Crippen LogP contribution in [-0.4, -0.2) is 28.8 Å². The van der Waals surface area contributed by atoms with E-state index in [1.165, 1.54) is 20.3 Å². The molecule has 0 unspecified atom stereocenters. The second kappa shape index (κ2) is 6.24. The summed E-state index contributed by atoms with van der Waals surface area (Å²) in [5.74, 6) is 1.01. The van der Waals surface area contributed by atoms with Crippen molar-refractivity contribution in [3.63, 3.8) is 0 Å². The first-order chi connectivity index (χ1) is 11.5. The second-order valence-electron chi connectivity index (χ2n) is 5.07. The van der Waals surface area contributed by atoms with E-state index in [9.17, 15) is 8.78 Å². The van der Waals surface area contributed by atoms with Gasteiger partial charge in [0.25, 0.3) is 6.43 Å². The number of fused-ring (bicyclic) bond motifs is 1. The van der Waals surface area contributed by atoms with Crippen LogP contribution in [0.15, 0.2) is 24.3 Å². The van der Waals surface area contributed by atoms with E-state index in [-0.39, 0.29) is 16.4 Å². The van der Waals surface area contributed by atoms with Crippen molar-refractivity contribution < 1.29 is 18.3 Å². The minimum Gasteiger partial charge on any atom is -0.493 e. The average molecular weight is 354 g/mol. The summed E-state index contributed by atoms with van der Waals surface area (Å²) in [6.45, 7) is 1.64. The summed E-state index contributed by atoms with van der Waals surface area (Å²) in [7, 11) is 3.02. The Balaban J connectivity index is 2.25. The molecule has 0 aliphatic rings. The van der Waals surface area contributed by atoms with Gasteiger partial charge in [0.15, 0.2) is 17.1 Å². The number of halogens is 3. The van der Waals surface area contributed by atoms with Crippen LogP contribution in [0.2, 0.25) is 5.02 Å². The fraction of sp³-hybridized carbons (Fsp3) is 0.250. The molecule has 8 heteroatoms. The molecule has 0 bridgehead atoms. The fourth-order valence-electron chi connectivity index (χ4n) is 2.42. The third-order valence-electron chi connectivity index (χ3n) is 3.62. The van der Waals surface area contributed by atoms with Crippen molar-refractivity contribution in [3.05, 3.63) is 40.7 Å². The van der Waals surface area contributed by atoms with Crippen LogP contribution in [0.4, 0.5) is 8.78 Å². The van der Waals surface area contributed by atoms with Gasteiger partial charge in [-0.25, -0.2) is 18.3 Å². The molecule has 3 rings (SSSR count). The molecule has 126 valence electrons. The fourth-order valence-corrected chi connectivity index (χ4v) is 2.58. The number of nitrogens with zero attached hydrogens (tertiary/aromatic N) is 3. The lowest BCUT2D eigenvalue weighted by Crippen LogP contribution is -2.02. The predicted molar refractivity (Wildman–Crippen MR) is 86.2 cm³/mol. The molecule has 2 aromatic heterocycles. The van der Waals surface area contributed by atoms with E-state index >= 15 is 0 Å². The van der Waals surface area contributed by atoms with Gasteiger partial charge in [-0.1, -0.05) is 11.6 Å². The number of rotatable bonds is 4. The molecular weight excluding hydrogens is 340 g/mol. The third-order valence-corrected chi connectivity index (χ3v) is 4.07. The van der Waals surface area contributed by atoms with Gasteiger partial charge >= 0.3 is 0 Å². The van der Waals surface area contributed by atoms with Crippen LogP contribution >= 0.6 is 11.6 Å². The predicted octanol–water partition coefficient (Wildman–Crippen LogP) is 4.31. The molecule has 0 amide bonds. The molecule has 0 aliphatic heterocycles. The van der Waals surface area contributed by atoms with Gasteiger partial charge in [-0.3, -0.25) is 0 Å². The van der Waals surface area contributed by atoms with Crippen LogP contribution in [0.25, 0.3) is 16.9 Å². The van der Waals surface area contributed by atoms with Gasteiger partial charge in [-0.05, 0) is 31.2 Å². The lowest BCUT2D eigenvalue weighted by Gasteiger charge is -2.11. The van der Waals surface area contributed by atoms with Gasteiger partial charge in [0.05, 0.1) is 25.6 Å². The lowest BCUT2D eigenvalue weighted by molar-refractivity contribution is 0.143. The maximum Gasteiger partial charge on any atom is 0.280 e. The highest BCUT2D eigenvalue weighted by molar-refractivity contribution is 6.34. The third kappa shape index (κ3) is 2.65. The van der Waals surface area contributed by atoms with Crippen molar-refractivity contribution >= 4 is 17.2 Å². The van der Waals surface area contributed by atoms with Crippen LogP contribution in [0.3, 0.4) is 0 Å². The molecule has 24 heavy (non-hydrogen) atoms. The zero-order chi connectivity index (χ0) is 17.4. The Morgan fingerprint density at radius 2 is 1.83 bits per heavy atom. The lowest BCUT2D eigenvalue weighted by atomic mass is 10.1. The molecule has 3 aromatic rings. The van der Waals surface area contributed by atoms with E-state index in [4.69, 9.17) is 21.1 Å². The normalized spacial score (nSPS) is 11.3. The zero-order valence-corrected chi connectivity index (χ0v) is 13.9. The molecule has 1 aromatic carbocycles. The van der Waals surface area contributed by atoms with Crippen molar-refractivity contribution in [2.75, 3.05) is 14.2 Å². The Bertz CT molecular complexity index is 912. The van der Waals surface area contributed by atoms with Gasteiger partial charge in [0, 0.05) is 5.56 Å². The highest BCUT2D eigenvalue weighted by Crippen LogP contribution is 2.34. The van der Waals surface area contributed by atoms with Crippen LogP contribution in [-0.2, 0) is 0 Å². The van der Waals surface area contributed by atoms with E-state index in [0.29, 0.717) is 28.5 Å². The smallest absolute Gasteiger partial charge is 0.280 e. The highest BCUT2D eigenvalue weighted by Gasteiger charge is 2.20. The molecule has 0 radical (unpaired) electrons. The molecule has 0 saturated carbocycles. The summed E-state index contributed by atoms with van der Waals surface area (Å²) in [6, 6.07) is 6.36. The van der Waals surface area contributed by atoms with Gasteiger partial charge in [-0.2, -0.15) is 5.10 Å². The summed E-state index contributed by atoms with van der Waals surface area (Å²) >= 11 is 6.15. The molecular formula is C16H14ClF2N3O2. The van der Waals surface area contributed by atoms with Crippen molar-refractivity contribution in [3.8, 4) is 22.8 Å². The number of hydrogen-bond acceptors (Lipinski definition) is 4. The number of methoxy groups -OCH3 is 2. The molecule has 2 heterocycles. The summed E-state index contributed by atoms with van der Waals surface area (Å²) in [6.07, 6.45) is -2.72. The van der Waals surface area contributed by atoms with E-state index in [0.717, 1.165) is 4.52 Å². The topological polar surface area (TPSA) is 48.7 Å². The van der Waals surface area contributed by atoms with Gasteiger partial charge in [-0.15, -0.1) is 0 Å². The first kappa shape index (κ1) is 16.4. The molecule has 0 fully saturated rings. The molecule has 0 N–H and O–H groups in total. The van der Waals surface area contributed by atoms with Crippen molar-refractivity contribution in [1.82, 2.24) is 14.6 Å². The van der Waals surface area contributed by atoms with E-state index in [2.05, 4.69) is 10.1 Å². The van der Waals surface area contributed by atoms with Crippen molar-refractivity contribution in [1.29, 1.82) is 0 Å². The first-order valence-corrected chi connectivity index (χ1v) is 7.40. The first-order valence-electron chi connectivity index (χ1n) is 7.02. The monoisotopic (exact) mass is 353 g/mol. The van der Waals surface area contributed by atoms with Crippen LogP contribution in [0.1, 0.15) is 17.8 Å². The quantitative estimate of drug-likeness (QED) is 0.701. The Kier molecular flexibility index (Phi) is 4.28. The van der Waals surface area contributed by atoms with Crippen LogP contribution in [0, 0.1) is 6.92 Å². The average Bonchev–Trinajstić information content (AvgIpc) is 2.87. The molecule has 0 aliphatic carbocycles. The molecule has 0 atom stereocenters. The van der Waals surface area contributed by atoms with E-state index in [1.807, 2.05) is 0 Å². The number of benzene rings is 1. The van der Waals surface area contributed by atoms with Gasteiger partial charge < -0.3 is 9.47 Å². The molecule has 5 nitrogen and oxygen atoms in total. The summed E-state index contributed by atoms with van der Waals surface area (Å²) in [4.78, 5) is 4.38. The van der Waals surface area contributed by atoms with Crippen molar-refractivity contribution in [2.24, 2.45) is 0 Å². The SMILES string of the molecule is COc1ccc(-c2cc(C(F)F)n3nc(C)c(Cl)c3n2)cc1OC. The second-order valence-corrected chi connectivity index (χ2v) is 5.45. The maximum atomic E-state index is 13.4. The molecule has 0 saturated heterocycles. The van der Waals surface area contributed by atoms with Gasteiger partial charge in [0.2, 0.25) is 0 Å². The highest BCUT2D eigenvalue weighted by atomic mass is 35.5. The van der Waals surface area contributed by atoms with Crippen LogP contribution in [0.5, 0.6) is 11.5 Å². The molecule has 0 spiro atoms. The van der Waals surface area contributed by atoms with E-state index < -0.39 is 6.43 Å². The number of alkyl halides is 2. The number of hydrogen-bond donors (Lipinski definition) is 0. The number of aryl methyl sites for hydroxylation is 1. The zero-order valence-electron chi connectivity index (χ0n) is 13.2. The van der Waals surface area contributed by atoms with Gasteiger partial charge in [0.1, 0.15) is 10.7 Å². The Morgan fingerprint density at radius 1 is 1.12 bits per heavy atom. The minimum absolute atomic E-state index is 0.191. The Morgan fingerprint density at radius 3 is 2.46 bits per heavy atom. The Hall–Kier alpha value is -2.41. The maximum absolute atomic E-state index is 13.4. The van der Waals surface area contributed by atoms with E-state index in [1.54, 1.807) is 25.1 Å². The van der Waals surface area contributed by atoms with Crippen LogP contribution < -0.4 is 9.47 Å². The number of ether oxygens (including phenoxy) is 2. The summed E-state index contributed by atoms with van der Waals surface area (Å²) in [5, 5.41) is 4.28. The minimum atomic E-state index is -2.72. The number of aromatic nitrogens is 3. The summed E-state index contributed by atoms with van der Waals surface area (Å²) in [5.41, 5.74) is 1.31.